The minimum absolute atomic E-state index is 0.312. The summed E-state index contributed by atoms with van der Waals surface area (Å²) >= 11 is 0. The maximum absolute atomic E-state index is 12.5. The lowest BCUT2D eigenvalue weighted by Crippen LogP contribution is -2.49. The second-order valence-corrected chi connectivity index (χ2v) is 18.4. The Bertz CT molecular complexity index is 874. The number of aliphatic hydroxyl groups excluding tert-OH is 3. The molecule has 0 saturated carbocycles. The van der Waals surface area contributed by atoms with Gasteiger partial charge in [-0.1, -0.05) is 269 Å². The van der Waals surface area contributed by atoms with E-state index >= 15 is 0 Å². The number of nitrogens with one attached hydrogen (secondary N) is 1. The van der Waals surface area contributed by atoms with E-state index in [1.54, 1.807) is 0 Å². The number of carbonyl (C=O) groups excluding carboxylic acids is 1. The van der Waals surface area contributed by atoms with Crippen LogP contribution in [0.25, 0.3) is 0 Å². The van der Waals surface area contributed by atoms with Gasteiger partial charge in [0.2, 0.25) is 5.91 Å². The smallest absolute Gasteiger partial charge is 0.249 e. The van der Waals surface area contributed by atoms with Gasteiger partial charge in [0, 0.05) is 0 Å². The van der Waals surface area contributed by atoms with E-state index in [0.29, 0.717) is 12.8 Å². The van der Waals surface area contributed by atoms with E-state index in [1.807, 2.05) is 0 Å². The van der Waals surface area contributed by atoms with Gasteiger partial charge in [0.25, 0.3) is 0 Å². The van der Waals surface area contributed by atoms with E-state index in [4.69, 9.17) is 0 Å². The first-order valence-electron chi connectivity index (χ1n) is 26.6. The summed E-state index contributed by atoms with van der Waals surface area (Å²) in [4.78, 5) is 12.5. The Morgan fingerprint density at radius 3 is 1.02 bits per heavy atom. The van der Waals surface area contributed by atoms with Gasteiger partial charge < -0.3 is 20.6 Å². The van der Waals surface area contributed by atoms with Crippen LogP contribution in [-0.4, -0.2) is 46.1 Å². The van der Waals surface area contributed by atoms with E-state index in [-0.39, 0.29) is 6.61 Å². The number of aliphatic hydroxyl groups is 3. The number of hydrogen-bond acceptors (Lipinski definition) is 4. The Kier molecular flexibility index (Phi) is 48.5. The summed E-state index contributed by atoms with van der Waals surface area (Å²) < 4.78 is 0. The first-order chi connectivity index (χ1) is 29.1. The zero-order valence-electron chi connectivity index (χ0n) is 39.9. The van der Waals surface area contributed by atoms with E-state index < -0.39 is 24.2 Å². The molecule has 350 valence electrons. The summed E-state index contributed by atoms with van der Waals surface area (Å²) in [6.07, 6.45) is 62.1. The van der Waals surface area contributed by atoms with Crippen LogP contribution in [0.1, 0.15) is 290 Å². The Morgan fingerprint density at radius 1 is 0.407 bits per heavy atom. The SMILES string of the molecule is CCCCCCCCCCC/C=C\C/C=C\CCCCCCCCCCCCCCC(O)C(=O)NC(CO)C(O)CCCCCCCCCCCCCCCCCCC. The van der Waals surface area contributed by atoms with Crippen molar-refractivity contribution < 1.29 is 20.1 Å². The van der Waals surface area contributed by atoms with Crippen LogP contribution in [0.15, 0.2) is 24.3 Å². The molecule has 0 aromatic carbocycles. The van der Waals surface area contributed by atoms with Crippen LogP contribution < -0.4 is 5.32 Å². The van der Waals surface area contributed by atoms with Crippen LogP contribution in [0.3, 0.4) is 0 Å². The molecule has 0 saturated heterocycles. The van der Waals surface area contributed by atoms with Crippen LogP contribution in [0, 0.1) is 0 Å². The maximum Gasteiger partial charge on any atom is 0.249 e. The molecule has 0 rings (SSSR count). The number of allylic oxidation sites excluding steroid dienone is 4. The van der Waals surface area contributed by atoms with Crippen LogP contribution in [0.4, 0.5) is 0 Å². The largest absolute Gasteiger partial charge is 0.394 e. The van der Waals surface area contributed by atoms with Gasteiger partial charge in [0.1, 0.15) is 6.10 Å². The fourth-order valence-electron chi connectivity index (χ4n) is 8.40. The molecule has 5 heteroatoms. The van der Waals surface area contributed by atoms with Gasteiger partial charge in [-0.25, -0.2) is 0 Å². The normalized spacial score (nSPS) is 13.5. The highest BCUT2D eigenvalue weighted by Gasteiger charge is 2.23. The maximum atomic E-state index is 12.5. The Morgan fingerprint density at radius 2 is 0.695 bits per heavy atom. The second-order valence-electron chi connectivity index (χ2n) is 18.4. The van der Waals surface area contributed by atoms with Crippen molar-refractivity contribution in [1.29, 1.82) is 0 Å². The van der Waals surface area contributed by atoms with Crippen molar-refractivity contribution >= 4 is 5.91 Å². The van der Waals surface area contributed by atoms with Gasteiger partial charge in [-0.3, -0.25) is 4.79 Å². The fourth-order valence-corrected chi connectivity index (χ4v) is 8.40. The lowest BCUT2D eigenvalue weighted by atomic mass is 10.0. The Hall–Kier alpha value is -1.17. The third kappa shape index (κ3) is 44.7. The lowest BCUT2D eigenvalue weighted by Gasteiger charge is -2.23. The summed E-state index contributed by atoms with van der Waals surface area (Å²) in [6.45, 7) is 4.26. The summed E-state index contributed by atoms with van der Waals surface area (Å²) in [5.74, 6) is -0.468. The van der Waals surface area contributed by atoms with E-state index in [0.717, 1.165) is 38.5 Å². The van der Waals surface area contributed by atoms with Gasteiger partial charge >= 0.3 is 0 Å². The van der Waals surface area contributed by atoms with Crippen LogP contribution in [0.5, 0.6) is 0 Å². The molecule has 0 heterocycles. The minimum atomic E-state index is -1.08. The third-order valence-electron chi connectivity index (χ3n) is 12.6. The summed E-state index contributed by atoms with van der Waals surface area (Å²) in [5.41, 5.74) is 0. The number of carbonyl (C=O) groups is 1. The zero-order chi connectivity index (χ0) is 43.0. The molecule has 0 radical (unpaired) electrons. The van der Waals surface area contributed by atoms with Crippen molar-refractivity contribution in [3.8, 4) is 0 Å². The zero-order valence-corrected chi connectivity index (χ0v) is 39.9. The number of amides is 1. The first kappa shape index (κ1) is 57.8. The highest BCUT2D eigenvalue weighted by molar-refractivity contribution is 5.80. The molecule has 5 nitrogen and oxygen atoms in total. The molecular weight excluding hydrogens is 727 g/mol. The van der Waals surface area contributed by atoms with Crippen molar-refractivity contribution in [1.82, 2.24) is 5.32 Å². The quantitative estimate of drug-likeness (QED) is 0.0363. The van der Waals surface area contributed by atoms with Gasteiger partial charge in [0.05, 0.1) is 18.8 Å². The average molecular weight is 832 g/mol. The third-order valence-corrected chi connectivity index (χ3v) is 12.6. The predicted molar refractivity (Wildman–Crippen MR) is 259 cm³/mol. The topological polar surface area (TPSA) is 89.8 Å². The molecule has 1 amide bonds. The summed E-state index contributed by atoms with van der Waals surface area (Å²) in [5, 5.41) is 33.5. The van der Waals surface area contributed by atoms with Crippen molar-refractivity contribution in [3.63, 3.8) is 0 Å². The summed E-state index contributed by atoms with van der Waals surface area (Å²) in [7, 11) is 0. The molecule has 0 aliphatic rings. The standard InChI is InChI=1S/C54H105NO4/c1-3-5-7-9-11-13-15-17-19-21-22-23-24-25-26-27-28-29-30-31-33-35-37-39-41-43-45-47-49-53(58)54(59)55-51(50-56)52(57)48-46-44-42-40-38-36-34-32-20-18-16-14-12-10-8-6-4-2/h22-23,25-26,51-53,56-58H,3-21,24,27-50H2,1-2H3,(H,55,59)/b23-22-,26-25-. The van der Waals surface area contributed by atoms with Crippen molar-refractivity contribution in [2.24, 2.45) is 0 Å². The van der Waals surface area contributed by atoms with Crippen molar-refractivity contribution in [2.45, 2.75) is 308 Å². The van der Waals surface area contributed by atoms with Crippen molar-refractivity contribution in [3.05, 3.63) is 24.3 Å². The second kappa shape index (κ2) is 49.5. The van der Waals surface area contributed by atoms with Gasteiger partial charge in [-0.05, 0) is 44.9 Å². The Balaban J connectivity index is 3.54. The van der Waals surface area contributed by atoms with E-state index in [2.05, 4.69) is 43.5 Å². The molecule has 3 unspecified atom stereocenters. The molecule has 0 aliphatic heterocycles. The average Bonchev–Trinajstić information content (AvgIpc) is 3.24. The van der Waals surface area contributed by atoms with Crippen LogP contribution in [0.2, 0.25) is 0 Å². The molecular formula is C54H105NO4. The minimum Gasteiger partial charge on any atom is -0.394 e. The molecule has 0 fully saturated rings. The van der Waals surface area contributed by atoms with Crippen LogP contribution in [-0.2, 0) is 4.79 Å². The molecule has 0 aromatic heterocycles. The monoisotopic (exact) mass is 832 g/mol. The Labute approximate surface area is 369 Å². The van der Waals surface area contributed by atoms with E-state index in [9.17, 15) is 20.1 Å². The highest BCUT2D eigenvalue weighted by atomic mass is 16.3. The molecule has 59 heavy (non-hydrogen) atoms. The van der Waals surface area contributed by atoms with Gasteiger partial charge in [-0.15, -0.1) is 0 Å². The molecule has 4 N–H and O–H groups in total. The lowest BCUT2D eigenvalue weighted by molar-refractivity contribution is -0.131. The van der Waals surface area contributed by atoms with Crippen molar-refractivity contribution in [2.75, 3.05) is 6.61 Å². The van der Waals surface area contributed by atoms with Crippen LogP contribution >= 0.6 is 0 Å². The summed E-state index contributed by atoms with van der Waals surface area (Å²) in [6, 6.07) is -0.711. The molecule has 0 bridgehead atoms. The molecule has 0 aliphatic carbocycles. The molecule has 0 aromatic rings. The van der Waals surface area contributed by atoms with Gasteiger partial charge in [-0.2, -0.15) is 0 Å². The molecule has 0 spiro atoms. The number of hydrogen-bond donors (Lipinski definition) is 4. The predicted octanol–water partition coefficient (Wildman–Crippen LogP) is 16.1. The van der Waals surface area contributed by atoms with E-state index in [1.165, 1.54) is 225 Å². The number of rotatable bonds is 49. The highest BCUT2D eigenvalue weighted by Crippen LogP contribution is 2.17. The molecule has 3 atom stereocenters. The number of unbranched alkanes of at least 4 members (excludes halogenated alkanes) is 37. The first-order valence-corrected chi connectivity index (χ1v) is 26.6. The van der Waals surface area contributed by atoms with Gasteiger partial charge in [0.15, 0.2) is 0 Å². The fraction of sp³-hybridized carbons (Fsp3) is 0.907.